The lowest BCUT2D eigenvalue weighted by Gasteiger charge is -2.08. The third-order valence-electron chi connectivity index (χ3n) is 1.23. The second-order valence-electron chi connectivity index (χ2n) is 2.02. The van der Waals surface area contributed by atoms with Crippen LogP contribution in [0.4, 0.5) is 0 Å². The topological polar surface area (TPSA) is 47.9 Å². The fraction of sp³-hybridized carbons (Fsp3) is 1.00. The Hall–Kier alpha value is -0.160. The van der Waals surface area contributed by atoms with E-state index in [1.165, 1.54) is 0 Å². The molecule has 0 saturated carbocycles. The van der Waals surface area contributed by atoms with Crippen LogP contribution >= 0.6 is 0 Å². The van der Waals surface area contributed by atoms with Gasteiger partial charge in [-0.15, -0.1) is 0 Å². The normalized spacial score (nSPS) is 33.0. The number of aliphatic hydroxyl groups excluding tert-OH is 1. The molecule has 0 aromatic rings. The molecule has 1 heterocycles. The van der Waals surface area contributed by atoms with Crippen molar-refractivity contribution in [3.63, 3.8) is 0 Å². The first kappa shape index (κ1) is 7.94. The van der Waals surface area contributed by atoms with E-state index < -0.39 is 6.48 Å². The second kappa shape index (κ2) is 3.88. The predicted octanol–water partition coefficient (Wildman–Crippen LogP) is -0.286. The van der Waals surface area contributed by atoms with Crippen molar-refractivity contribution < 1.29 is 19.3 Å². The van der Waals surface area contributed by atoms with Gasteiger partial charge >= 0.3 is 0 Å². The largest absolute Gasteiger partial charge is 0.394 e. The first-order valence-electron chi connectivity index (χ1n) is 3.36. The van der Waals surface area contributed by atoms with Crippen LogP contribution in [-0.2, 0) is 14.2 Å². The summed E-state index contributed by atoms with van der Waals surface area (Å²) in [6.45, 7) is 2.26. The molecule has 4 heteroatoms. The van der Waals surface area contributed by atoms with Crippen LogP contribution in [0.3, 0.4) is 0 Å². The van der Waals surface area contributed by atoms with Gasteiger partial charge in [-0.25, -0.2) is 0 Å². The summed E-state index contributed by atoms with van der Waals surface area (Å²) in [5.74, 6) is 0. The van der Waals surface area contributed by atoms with Crippen LogP contribution in [-0.4, -0.2) is 37.5 Å². The summed E-state index contributed by atoms with van der Waals surface area (Å²) in [7, 11) is 0. The van der Waals surface area contributed by atoms with Gasteiger partial charge in [0.1, 0.15) is 6.10 Å². The van der Waals surface area contributed by atoms with Gasteiger partial charge in [-0.3, -0.25) is 0 Å². The summed E-state index contributed by atoms with van der Waals surface area (Å²) in [6.07, 6.45) is -0.212. The zero-order chi connectivity index (χ0) is 7.40. The Morgan fingerprint density at radius 1 is 1.70 bits per heavy atom. The molecule has 2 atom stereocenters. The molecule has 0 spiro atoms. The Morgan fingerprint density at radius 2 is 2.50 bits per heavy atom. The van der Waals surface area contributed by atoms with Crippen LogP contribution in [0.25, 0.3) is 0 Å². The highest BCUT2D eigenvalue weighted by molar-refractivity contribution is 4.58. The molecule has 1 saturated heterocycles. The fourth-order valence-electron chi connectivity index (χ4n) is 0.741. The van der Waals surface area contributed by atoms with Crippen molar-refractivity contribution in [2.75, 3.05) is 19.8 Å². The molecule has 0 aliphatic carbocycles. The van der Waals surface area contributed by atoms with Crippen molar-refractivity contribution >= 4 is 0 Å². The van der Waals surface area contributed by atoms with Gasteiger partial charge in [0.05, 0.1) is 13.2 Å². The maximum Gasteiger partial charge on any atom is 0.272 e. The van der Waals surface area contributed by atoms with E-state index in [0.29, 0.717) is 13.2 Å². The molecule has 0 aromatic carbocycles. The summed E-state index contributed by atoms with van der Waals surface area (Å²) in [5, 5.41) is 8.59. The van der Waals surface area contributed by atoms with Crippen LogP contribution in [0, 0.1) is 0 Å². The van der Waals surface area contributed by atoms with Crippen LogP contribution in [0.1, 0.15) is 6.92 Å². The molecular formula is C6H12O4. The summed E-state index contributed by atoms with van der Waals surface area (Å²) in [4.78, 5) is 0. The molecule has 4 nitrogen and oxygen atoms in total. The Kier molecular flexibility index (Phi) is 3.08. The highest BCUT2D eigenvalue weighted by Crippen LogP contribution is 2.11. The molecule has 10 heavy (non-hydrogen) atoms. The molecule has 1 aliphatic rings. The van der Waals surface area contributed by atoms with E-state index in [9.17, 15) is 0 Å². The Labute approximate surface area is 59.7 Å². The van der Waals surface area contributed by atoms with Crippen LogP contribution < -0.4 is 0 Å². The van der Waals surface area contributed by atoms with Gasteiger partial charge in [-0.1, -0.05) is 0 Å². The average Bonchev–Trinajstić information content (AvgIpc) is 2.37. The zero-order valence-electron chi connectivity index (χ0n) is 5.95. The maximum absolute atomic E-state index is 8.59. The maximum atomic E-state index is 8.59. The quantitative estimate of drug-likeness (QED) is 0.597. The van der Waals surface area contributed by atoms with Gasteiger partial charge in [0.15, 0.2) is 0 Å². The number of ether oxygens (including phenoxy) is 3. The van der Waals surface area contributed by atoms with E-state index in [1.807, 2.05) is 6.92 Å². The fourth-order valence-corrected chi connectivity index (χ4v) is 0.741. The molecule has 0 unspecified atom stereocenters. The lowest BCUT2D eigenvalue weighted by molar-refractivity contribution is -0.236. The molecule has 60 valence electrons. The van der Waals surface area contributed by atoms with E-state index in [1.54, 1.807) is 0 Å². The zero-order valence-corrected chi connectivity index (χ0v) is 5.95. The predicted molar refractivity (Wildman–Crippen MR) is 33.3 cm³/mol. The van der Waals surface area contributed by atoms with Gasteiger partial charge < -0.3 is 19.3 Å². The molecule has 1 aliphatic heterocycles. The number of hydrogen-bond acceptors (Lipinski definition) is 4. The standard InChI is InChI=1S/C6H12O4/c1-2-8-6-9-4-5(3-7)10-6/h5-7H,2-4H2,1H3/t5-,6-/m1/s1. The number of aliphatic hydroxyl groups is 1. The molecule has 0 radical (unpaired) electrons. The minimum Gasteiger partial charge on any atom is -0.394 e. The van der Waals surface area contributed by atoms with Crippen LogP contribution in [0.2, 0.25) is 0 Å². The van der Waals surface area contributed by atoms with Crippen molar-refractivity contribution in [3.05, 3.63) is 0 Å². The van der Waals surface area contributed by atoms with Gasteiger partial charge in [0, 0.05) is 6.61 Å². The Morgan fingerprint density at radius 3 is 3.00 bits per heavy atom. The van der Waals surface area contributed by atoms with Gasteiger partial charge in [-0.05, 0) is 6.92 Å². The van der Waals surface area contributed by atoms with Gasteiger partial charge in [0.25, 0.3) is 6.48 Å². The third-order valence-corrected chi connectivity index (χ3v) is 1.23. The van der Waals surface area contributed by atoms with E-state index >= 15 is 0 Å². The van der Waals surface area contributed by atoms with Crippen molar-refractivity contribution in [3.8, 4) is 0 Å². The van der Waals surface area contributed by atoms with Crippen molar-refractivity contribution in [1.82, 2.24) is 0 Å². The van der Waals surface area contributed by atoms with Crippen LogP contribution in [0.15, 0.2) is 0 Å². The van der Waals surface area contributed by atoms with Crippen molar-refractivity contribution in [1.29, 1.82) is 0 Å². The van der Waals surface area contributed by atoms with Crippen molar-refractivity contribution in [2.45, 2.75) is 19.5 Å². The molecule has 0 bridgehead atoms. The minimum absolute atomic E-state index is 0.0103. The van der Waals surface area contributed by atoms with Gasteiger partial charge in [-0.2, -0.15) is 0 Å². The molecular weight excluding hydrogens is 136 g/mol. The highest BCUT2D eigenvalue weighted by atomic mass is 16.9. The van der Waals surface area contributed by atoms with Gasteiger partial charge in [0.2, 0.25) is 0 Å². The minimum atomic E-state index is -0.567. The first-order chi connectivity index (χ1) is 4.86. The van der Waals surface area contributed by atoms with E-state index in [2.05, 4.69) is 0 Å². The summed E-state index contributed by atoms with van der Waals surface area (Å²) in [5.41, 5.74) is 0. The molecule has 0 aromatic heterocycles. The molecule has 1 rings (SSSR count). The second-order valence-corrected chi connectivity index (χ2v) is 2.02. The Bertz CT molecular complexity index is 95.7. The molecule has 1 N–H and O–H groups in total. The lowest BCUT2D eigenvalue weighted by Crippen LogP contribution is -2.17. The van der Waals surface area contributed by atoms with Crippen LogP contribution in [0.5, 0.6) is 0 Å². The average molecular weight is 148 g/mol. The summed E-state index contributed by atoms with van der Waals surface area (Å²) < 4.78 is 15.0. The summed E-state index contributed by atoms with van der Waals surface area (Å²) in [6, 6.07) is 0. The van der Waals surface area contributed by atoms with Crippen molar-refractivity contribution in [2.24, 2.45) is 0 Å². The monoisotopic (exact) mass is 148 g/mol. The lowest BCUT2D eigenvalue weighted by atomic mass is 10.4. The number of hydrogen-bond donors (Lipinski definition) is 1. The molecule has 1 fully saturated rings. The SMILES string of the molecule is CCO[C@@H]1OC[C@@H](CO)O1. The third kappa shape index (κ3) is 1.91. The first-order valence-corrected chi connectivity index (χ1v) is 3.36. The Balaban J connectivity index is 2.15. The van der Waals surface area contributed by atoms with E-state index in [0.717, 1.165) is 0 Å². The van der Waals surface area contributed by atoms with E-state index in [-0.39, 0.29) is 12.7 Å². The summed E-state index contributed by atoms with van der Waals surface area (Å²) >= 11 is 0. The molecule has 0 amide bonds. The van der Waals surface area contributed by atoms with E-state index in [4.69, 9.17) is 19.3 Å². The number of rotatable bonds is 3. The smallest absolute Gasteiger partial charge is 0.272 e. The highest BCUT2D eigenvalue weighted by Gasteiger charge is 2.25.